The number of benzene rings is 2. The third-order valence-corrected chi connectivity index (χ3v) is 5.39. The maximum atomic E-state index is 13.1. The molecule has 1 aromatic heterocycles. The number of aliphatic hydroxyl groups is 1. The molecule has 0 saturated carbocycles. The smallest absolute Gasteiger partial charge is 0.301 e. The van der Waals surface area contributed by atoms with Crippen molar-refractivity contribution >= 4 is 23.3 Å². The molecule has 1 N–H and O–H groups in total. The maximum Gasteiger partial charge on any atom is 0.301 e. The molecule has 33 heavy (non-hydrogen) atoms. The van der Waals surface area contributed by atoms with Crippen molar-refractivity contribution < 1.29 is 33.4 Å². The van der Waals surface area contributed by atoms with Crippen molar-refractivity contribution in [3.8, 4) is 17.2 Å². The molecule has 1 atom stereocenters. The number of hydrogen-bond acceptors (Lipinski definition) is 8. The molecule has 2 aromatic carbocycles. The van der Waals surface area contributed by atoms with Gasteiger partial charge in [0, 0.05) is 11.6 Å². The molecule has 2 heterocycles. The molecular formula is C24H22N2O7. The van der Waals surface area contributed by atoms with Gasteiger partial charge in [-0.1, -0.05) is 11.2 Å². The molecule has 1 aliphatic rings. The number of aliphatic hydroxyl groups excluding tert-OH is 1. The standard InChI is InChI=1S/C24H22N2O7/c1-13-11-19(25-33-13)26-21(15-7-10-17(31-3)18(12-15)32-4)20(23(28)24(26)29)22(27)14-5-8-16(30-2)9-6-14/h5-12,21,27H,1-4H3/b22-20+. The number of amides is 1. The molecule has 0 radical (unpaired) electrons. The van der Waals surface area contributed by atoms with Crippen LogP contribution in [0.1, 0.15) is 22.9 Å². The van der Waals surface area contributed by atoms with Crippen LogP contribution in [0.5, 0.6) is 17.2 Å². The molecule has 1 saturated heterocycles. The second-order valence-corrected chi connectivity index (χ2v) is 7.31. The second kappa shape index (κ2) is 8.70. The Kier molecular flexibility index (Phi) is 5.78. The number of ketones is 1. The Hall–Kier alpha value is -4.27. The molecule has 3 aromatic rings. The van der Waals surface area contributed by atoms with Gasteiger partial charge in [0.1, 0.15) is 17.3 Å². The van der Waals surface area contributed by atoms with Crippen molar-refractivity contribution in [3.05, 3.63) is 71.0 Å². The van der Waals surface area contributed by atoms with Crippen molar-refractivity contribution in [1.82, 2.24) is 5.16 Å². The van der Waals surface area contributed by atoms with E-state index >= 15 is 0 Å². The number of aromatic nitrogens is 1. The highest BCUT2D eigenvalue weighted by Crippen LogP contribution is 2.44. The van der Waals surface area contributed by atoms with Crippen LogP contribution in [-0.4, -0.2) is 43.3 Å². The lowest BCUT2D eigenvalue weighted by Crippen LogP contribution is -2.29. The van der Waals surface area contributed by atoms with Crippen LogP contribution in [0.4, 0.5) is 5.82 Å². The van der Waals surface area contributed by atoms with Gasteiger partial charge >= 0.3 is 5.91 Å². The number of methoxy groups -OCH3 is 3. The Morgan fingerprint density at radius 2 is 1.67 bits per heavy atom. The second-order valence-electron chi connectivity index (χ2n) is 7.31. The third kappa shape index (κ3) is 3.78. The van der Waals surface area contributed by atoms with Crippen LogP contribution in [-0.2, 0) is 9.59 Å². The van der Waals surface area contributed by atoms with Crippen LogP contribution in [0.2, 0.25) is 0 Å². The Balaban J connectivity index is 1.93. The Labute approximate surface area is 189 Å². The Morgan fingerprint density at radius 3 is 2.24 bits per heavy atom. The Morgan fingerprint density at radius 1 is 0.970 bits per heavy atom. The minimum Gasteiger partial charge on any atom is -0.507 e. The summed E-state index contributed by atoms with van der Waals surface area (Å²) in [5.74, 6) is 0.0882. The number of Topliss-reactive ketones (excluding diaryl/α,β-unsaturated/α-hetero) is 1. The lowest BCUT2D eigenvalue weighted by atomic mass is 9.95. The molecule has 0 spiro atoms. The first-order chi connectivity index (χ1) is 15.9. The van der Waals surface area contributed by atoms with Gasteiger partial charge in [0.25, 0.3) is 5.78 Å². The van der Waals surface area contributed by atoms with E-state index in [1.54, 1.807) is 55.5 Å². The van der Waals surface area contributed by atoms with Crippen LogP contribution >= 0.6 is 0 Å². The molecule has 0 bridgehead atoms. The quantitative estimate of drug-likeness (QED) is 0.344. The summed E-state index contributed by atoms with van der Waals surface area (Å²) in [4.78, 5) is 27.4. The van der Waals surface area contributed by atoms with E-state index < -0.39 is 17.7 Å². The van der Waals surface area contributed by atoms with Gasteiger partial charge in [-0.15, -0.1) is 0 Å². The van der Waals surface area contributed by atoms with Gasteiger partial charge in [0.05, 0.1) is 32.9 Å². The summed E-state index contributed by atoms with van der Waals surface area (Å²) in [5.41, 5.74) is 0.788. The third-order valence-electron chi connectivity index (χ3n) is 5.39. The molecule has 1 aliphatic heterocycles. The fraction of sp³-hybridized carbons (Fsp3) is 0.208. The van der Waals surface area contributed by atoms with Crippen molar-refractivity contribution in [2.75, 3.05) is 26.2 Å². The van der Waals surface area contributed by atoms with Crippen LogP contribution in [0.3, 0.4) is 0 Å². The van der Waals surface area contributed by atoms with Gasteiger partial charge in [-0.25, -0.2) is 0 Å². The highest BCUT2D eigenvalue weighted by molar-refractivity contribution is 6.51. The molecule has 4 rings (SSSR count). The van der Waals surface area contributed by atoms with E-state index in [1.165, 1.54) is 26.2 Å². The summed E-state index contributed by atoms with van der Waals surface area (Å²) in [6, 6.07) is 12.1. The summed E-state index contributed by atoms with van der Waals surface area (Å²) < 4.78 is 21.0. The Bertz CT molecular complexity index is 1240. The topological polar surface area (TPSA) is 111 Å². The van der Waals surface area contributed by atoms with Gasteiger partial charge in [-0.3, -0.25) is 14.5 Å². The van der Waals surface area contributed by atoms with Crippen molar-refractivity contribution in [1.29, 1.82) is 0 Å². The van der Waals surface area contributed by atoms with Gasteiger partial charge < -0.3 is 23.8 Å². The number of carbonyl (C=O) groups is 2. The first kappa shape index (κ1) is 21.9. The van der Waals surface area contributed by atoms with Gasteiger partial charge in [0.2, 0.25) is 0 Å². The normalized spacial score (nSPS) is 17.3. The van der Waals surface area contributed by atoms with Crippen molar-refractivity contribution in [2.45, 2.75) is 13.0 Å². The molecule has 1 amide bonds. The average Bonchev–Trinajstić information content (AvgIpc) is 3.38. The van der Waals surface area contributed by atoms with E-state index in [-0.39, 0.29) is 17.2 Å². The first-order valence-corrected chi connectivity index (χ1v) is 10.00. The van der Waals surface area contributed by atoms with Gasteiger partial charge in [-0.2, -0.15) is 0 Å². The fourth-order valence-electron chi connectivity index (χ4n) is 3.78. The minimum absolute atomic E-state index is 0.0851. The van der Waals surface area contributed by atoms with E-state index in [2.05, 4.69) is 5.16 Å². The molecular weight excluding hydrogens is 428 g/mol. The average molecular weight is 450 g/mol. The van der Waals surface area contributed by atoms with Crippen LogP contribution in [0, 0.1) is 6.92 Å². The maximum absolute atomic E-state index is 13.1. The minimum atomic E-state index is -0.976. The van der Waals surface area contributed by atoms with Crippen LogP contribution in [0.15, 0.2) is 58.6 Å². The summed E-state index contributed by atoms with van der Waals surface area (Å²) in [6.07, 6.45) is 0. The zero-order valence-electron chi connectivity index (χ0n) is 18.5. The summed E-state index contributed by atoms with van der Waals surface area (Å²) in [7, 11) is 4.51. The number of aryl methyl sites for hydroxylation is 1. The van der Waals surface area contributed by atoms with Gasteiger partial charge in [-0.05, 0) is 48.9 Å². The molecule has 9 nitrogen and oxygen atoms in total. The molecule has 9 heteroatoms. The summed E-state index contributed by atoms with van der Waals surface area (Å²) in [6.45, 7) is 1.68. The molecule has 170 valence electrons. The van der Waals surface area contributed by atoms with E-state index in [4.69, 9.17) is 18.7 Å². The van der Waals surface area contributed by atoms with Gasteiger partial charge in [0.15, 0.2) is 17.3 Å². The monoisotopic (exact) mass is 450 g/mol. The summed E-state index contributed by atoms with van der Waals surface area (Å²) in [5, 5.41) is 15.1. The fourth-order valence-corrected chi connectivity index (χ4v) is 3.78. The highest BCUT2D eigenvalue weighted by atomic mass is 16.5. The number of rotatable bonds is 6. The van der Waals surface area contributed by atoms with Crippen LogP contribution in [0.25, 0.3) is 5.76 Å². The lowest BCUT2D eigenvalue weighted by molar-refractivity contribution is -0.132. The number of anilines is 1. The zero-order chi connectivity index (χ0) is 23.7. The predicted molar refractivity (Wildman–Crippen MR) is 119 cm³/mol. The first-order valence-electron chi connectivity index (χ1n) is 10.00. The lowest BCUT2D eigenvalue weighted by Gasteiger charge is -2.23. The van der Waals surface area contributed by atoms with E-state index in [9.17, 15) is 14.7 Å². The summed E-state index contributed by atoms with van der Waals surface area (Å²) >= 11 is 0. The zero-order valence-corrected chi connectivity index (χ0v) is 18.5. The molecule has 1 unspecified atom stereocenters. The van der Waals surface area contributed by atoms with E-state index in [1.807, 2.05) is 0 Å². The van der Waals surface area contributed by atoms with E-state index in [0.717, 1.165) is 0 Å². The number of carbonyl (C=O) groups excluding carboxylic acids is 2. The van der Waals surface area contributed by atoms with Crippen LogP contribution < -0.4 is 19.1 Å². The highest BCUT2D eigenvalue weighted by Gasteiger charge is 2.48. The van der Waals surface area contributed by atoms with E-state index in [0.29, 0.717) is 34.1 Å². The van der Waals surface area contributed by atoms with Crippen molar-refractivity contribution in [2.24, 2.45) is 0 Å². The van der Waals surface area contributed by atoms with Crippen molar-refractivity contribution in [3.63, 3.8) is 0 Å². The molecule has 0 aliphatic carbocycles. The molecule has 1 fully saturated rings. The largest absolute Gasteiger partial charge is 0.507 e. The number of hydrogen-bond donors (Lipinski definition) is 1. The number of ether oxygens (including phenoxy) is 3. The SMILES string of the molecule is COc1ccc(/C(O)=C2\C(=O)C(=O)N(c3cc(C)on3)C2c2ccc(OC)c(OC)c2)cc1. The predicted octanol–water partition coefficient (Wildman–Crippen LogP) is 3.64. The number of nitrogens with zero attached hydrogens (tertiary/aromatic N) is 2.